The molecule has 0 atom stereocenters. The van der Waals surface area contributed by atoms with Gasteiger partial charge in [0.25, 0.3) is 0 Å². The van der Waals surface area contributed by atoms with Gasteiger partial charge in [-0.25, -0.2) is 0 Å². The summed E-state index contributed by atoms with van der Waals surface area (Å²) in [5.41, 5.74) is 2.27. The predicted molar refractivity (Wildman–Crippen MR) is 112 cm³/mol. The molecule has 0 bridgehead atoms. The summed E-state index contributed by atoms with van der Waals surface area (Å²) in [6.07, 6.45) is 0. The fourth-order valence-corrected chi connectivity index (χ4v) is 2.25. The van der Waals surface area contributed by atoms with Crippen molar-refractivity contribution in [1.29, 1.82) is 0 Å². The molecule has 0 spiro atoms. The molecule has 0 heteroatoms. The lowest BCUT2D eigenvalue weighted by atomic mass is 9.56. The standard InChI is InChI=1S/2C11H24.CH4/c2*1-9(2,3)11(7,8)10(4,5)6;/h2*1-8H3;1H4. The molecule has 0 saturated carbocycles. The van der Waals surface area contributed by atoms with E-state index in [4.69, 9.17) is 0 Å². The Morgan fingerprint density at radius 1 is 0.261 bits per heavy atom. The van der Waals surface area contributed by atoms with Crippen molar-refractivity contribution in [3.8, 4) is 0 Å². The molecule has 0 radical (unpaired) electrons. The zero-order valence-corrected chi connectivity index (χ0v) is 19.0. The molecular weight excluding hydrogens is 276 g/mol. The summed E-state index contributed by atoms with van der Waals surface area (Å²) in [7, 11) is 0. The molecule has 0 aliphatic carbocycles. The maximum Gasteiger partial charge on any atom is -0.0257 e. The van der Waals surface area contributed by atoms with Crippen molar-refractivity contribution in [1.82, 2.24) is 0 Å². The smallest absolute Gasteiger partial charge is 0.0257 e. The van der Waals surface area contributed by atoms with Crippen LogP contribution >= 0.6 is 0 Å². The van der Waals surface area contributed by atoms with Crippen LogP contribution in [-0.2, 0) is 0 Å². The minimum absolute atomic E-state index is 0. The second-order valence-electron chi connectivity index (χ2n) is 12.2. The van der Waals surface area contributed by atoms with E-state index in [0.717, 1.165) is 0 Å². The second-order valence-corrected chi connectivity index (χ2v) is 12.2. The van der Waals surface area contributed by atoms with Crippen molar-refractivity contribution in [2.24, 2.45) is 32.5 Å². The zero-order chi connectivity index (χ0) is 19.0. The second kappa shape index (κ2) is 7.49. The lowest BCUT2D eigenvalue weighted by molar-refractivity contribution is 0.00566. The highest BCUT2D eigenvalue weighted by atomic mass is 14.5. The minimum atomic E-state index is 0. The van der Waals surface area contributed by atoms with Crippen LogP contribution in [0.1, 0.15) is 118 Å². The first-order valence-electron chi connectivity index (χ1n) is 9.00. The van der Waals surface area contributed by atoms with Crippen LogP contribution in [0.3, 0.4) is 0 Å². The van der Waals surface area contributed by atoms with Gasteiger partial charge >= 0.3 is 0 Å². The summed E-state index contributed by atoms with van der Waals surface area (Å²) in [4.78, 5) is 0. The van der Waals surface area contributed by atoms with Crippen LogP contribution in [-0.4, -0.2) is 0 Å². The summed E-state index contributed by atoms with van der Waals surface area (Å²) in [5.74, 6) is 0. The van der Waals surface area contributed by atoms with Crippen molar-refractivity contribution < 1.29 is 0 Å². The van der Waals surface area contributed by atoms with Gasteiger partial charge in [0.2, 0.25) is 0 Å². The van der Waals surface area contributed by atoms with Crippen LogP contribution in [0.5, 0.6) is 0 Å². The highest BCUT2D eigenvalue weighted by molar-refractivity contribution is 4.92. The first kappa shape index (κ1) is 27.8. The van der Waals surface area contributed by atoms with Gasteiger partial charge < -0.3 is 0 Å². The van der Waals surface area contributed by atoms with Crippen molar-refractivity contribution in [3.63, 3.8) is 0 Å². The van der Waals surface area contributed by atoms with E-state index in [2.05, 4.69) is 111 Å². The van der Waals surface area contributed by atoms with E-state index in [1.165, 1.54) is 0 Å². The third-order valence-corrected chi connectivity index (χ3v) is 7.50. The van der Waals surface area contributed by atoms with Gasteiger partial charge in [-0.05, 0) is 32.5 Å². The third kappa shape index (κ3) is 6.79. The Hall–Kier alpha value is 0. The van der Waals surface area contributed by atoms with Gasteiger partial charge in [-0.3, -0.25) is 0 Å². The molecule has 0 N–H and O–H groups in total. The largest absolute Gasteiger partial charge is 0.0776 e. The topological polar surface area (TPSA) is 0 Å². The molecule has 0 aliphatic heterocycles. The Balaban J connectivity index is -0.000000333. The fourth-order valence-electron chi connectivity index (χ4n) is 2.25. The first-order chi connectivity index (χ1) is 9.00. The van der Waals surface area contributed by atoms with E-state index < -0.39 is 0 Å². The molecule has 0 nitrogen and oxygen atoms in total. The number of hydrogen-bond acceptors (Lipinski definition) is 0. The van der Waals surface area contributed by atoms with Gasteiger partial charge in [0.05, 0.1) is 0 Å². The number of hydrogen-bond donors (Lipinski definition) is 0. The van der Waals surface area contributed by atoms with E-state index in [1.54, 1.807) is 0 Å². The van der Waals surface area contributed by atoms with Crippen LogP contribution in [0, 0.1) is 32.5 Å². The van der Waals surface area contributed by atoms with E-state index in [0.29, 0.717) is 32.5 Å². The lowest BCUT2D eigenvalue weighted by Crippen LogP contribution is -2.41. The Kier molecular flexibility index (Phi) is 9.06. The summed E-state index contributed by atoms with van der Waals surface area (Å²) in [6.45, 7) is 37.2. The Bertz CT molecular complexity index is 258. The van der Waals surface area contributed by atoms with Crippen LogP contribution in [0.4, 0.5) is 0 Å². The van der Waals surface area contributed by atoms with Gasteiger partial charge in [0.1, 0.15) is 0 Å². The van der Waals surface area contributed by atoms with E-state index >= 15 is 0 Å². The molecule has 23 heavy (non-hydrogen) atoms. The Morgan fingerprint density at radius 3 is 0.348 bits per heavy atom. The fraction of sp³-hybridized carbons (Fsp3) is 1.00. The van der Waals surface area contributed by atoms with Crippen molar-refractivity contribution >= 4 is 0 Å². The average molecular weight is 329 g/mol. The molecular formula is C23H52. The molecule has 0 rings (SSSR count). The molecule has 0 aromatic heterocycles. The predicted octanol–water partition coefficient (Wildman–Crippen LogP) is 8.85. The van der Waals surface area contributed by atoms with E-state index in [1.807, 2.05) is 0 Å². The van der Waals surface area contributed by atoms with E-state index in [9.17, 15) is 0 Å². The monoisotopic (exact) mass is 328 g/mol. The van der Waals surface area contributed by atoms with Crippen molar-refractivity contribution in [2.45, 2.75) is 118 Å². The van der Waals surface area contributed by atoms with Gasteiger partial charge in [0, 0.05) is 0 Å². The van der Waals surface area contributed by atoms with E-state index in [-0.39, 0.29) is 7.43 Å². The quantitative estimate of drug-likeness (QED) is 0.416. The van der Waals surface area contributed by atoms with Crippen LogP contribution in [0.25, 0.3) is 0 Å². The Labute approximate surface area is 151 Å². The third-order valence-electron chi connectivity index (χ3n) is 7.50. The summed E-state index contributed by atoms with van der Waals surface area (Å²) >= 11 is 0. The molecule has 0 amide bonds. The van der Waals surface area contributed by atoms with Gasteiger partial charge in [0.15, 0.2) is 0 Å². The molecule has 0 aliphatic rings. The maximum absolute atomic E-state index is 2.35. The Morgan fingerprint density at radius 2 is 0.348 bits per heavy atom. The summed E-state index contributed by atoms with van der Waals surface area (Å²) in [5, 5.41) is 0. The van der Waals surface area contributed by atoms with Gasteiger partial charge in [-0.15, -0.1) is 0 Å². The highest BCUT2D eigenvalue weighted by Crippen LogP contribution is 2.51. The number of rotatable bonds is 0. The molecule has 0 aromatic carbocycles. The van der Waals surface area contributed by atoms with Crippen molar-refractivity contribution in [3.05, 3.63) is 0 Å². The zero-order valence-electron chi connectivity index (χ0n) is 19.0. The van der Waals surface area contributed by atoms with Crippen molar-refractivity contribution in [2.75, 3.05) is 0 Å². The molecule has 0 unspecified atom stereocenters. The molecule has 0 fully saturated rings. The average Bonchev–Trinajstić information content (AvgIpc) is 2.10. The van der Waals surface area contributed by atoms with Crippen LogP contribution in [0.15, 0.2) is 0 Å². The molecule has 0 heterocycles. The molecule has 0 aromatic rings. The maximum atomic E-state index is 2.35. The lowest BCUT2D eigenvalue weighted by Gasteiger charge is -2.49. The SMILES string of the molecule is C.CC(C)(C)C(C)(C)C(C)(C)C.CC(C)(C)C(C)(C)C(C)(C)C. The summed E-state index contributed by atoms with van der Waals surface area (Å²) in [6, 6.07) is 0. The highest BCUT2D eigenvalue weighted by Gasteiger charge is 2.43. The van der Waals surface area contributed by atoms with Gasteiger partial charge in [-0.1, -0.05) is 118 Å². The normalized spacial score (nSPS) is 14.6. The first-order valence-corrected chi connectivity index (χ1v) is 9.00. The minimum Gasteiger partial charge on any atom is -0.0776 e. The molecule has 144 valence electrons. The molecule has 0 saturated heterocycles. The van der Waals surface area contributed by atoms with Crippen LogP contribution < -0.4 is 0 Å². The van der Waals surface area contributed by atoms with Gasteiger partial charge in [-0.2, -0.15) is 0 Å². The summed E-state index contributed by atoms with van der Waals surface area (Å²) < 4.78 is 0. The van der Waals surface area contributed by atoms with Crippen LogP contribution in [0.2, 0.25) is 0 Å².